The predicted octanol–water partition coefficient (Wildman–Crippen LogP) is 3.05. The van der Waals surface area contributed by atoms with Crippen molar-refractivity contribution in [2.75, 3.05) is 19.6 Å². The molecule has 27 heavy (non-hydrogen) atoms. The minimum absolute atomic E-state index is 0.00867. The summed E-state index contributed by atoms with van der Waals surface area (Å²) in [6.45, 7) is 4.59. The zero-order chi connectivity index (χ0) is 18.9. The van der Waals surface area contributed by atoms with E-state index in [2.05, 4.69) is 11.9 Å². The minimum atomic E-state index is -0.436. The first kappa shape index (κ1) is 17.9. The smallest absolute Gasteiger partial charge is 0.246 e. The SMILES string of the molecule is C[C@@H]1CN(C(=O)/C=C/c2cccs2)C[C@]12CCN(Cc1cccnc1)C2=O. The summed E-state index contributed by atoms with van der Waals surface area (Å²) in [5, 5.41) is 1.99. The normalized spacial score (nSPS) is 25.2. The number of likely N-dealkylation sites (tertiary alicyclic amines) is 2. The van der Waals surface area contributed by atoms with Crippen LogP contribution in [-0.2, 0) is 16.1 Å². The van der Waals surface area contributed by atoms with Crippen molar-refractivity contribution in [3.8, 4) is 0 Å². The van der Waals surface area contributed by atoms with Crippen molar-refractivity contribution in [1.82, 2.24) is 14.8 Å². The third-order valence-corrected chi connectivity index (χ3v) is 6.63. The van der Waals surface area contributed by atoms with Crippen molar-refractivity contribution >= 4 is 29.2 Å². The van der Waals surface area contributed by atoms with Crippen LogP contribution in [0, 0.1) is 11.3 Å². The van der Waals surface area contributed by atoms with Crippen LogP contribution in [-0.4, -0.2) is 46.2 Å². The quantitative estimate of drug-likeness (QED) is 0.765. The summed E-state index contributed by atoms with van der Waals surface area (Å²) >= 11 is 1.60. The standard InChI is InChI=1S/C21H23N3O2S/c1-16-13-24(19(25)7-6-18-5-3-11-27-18)15-21(16)8-10-23(20(21)26)14-17-4-2-9-22-12-17/h2-7,9,11-12,16H,8,10,13-15H2,1H3/b7-6+/t16-,21-/m1/s1. The molecule has 2 aliphatic rings. The molecule has 2 amide bonds. The van der Waals surface area contributed by atoms with Gasteiger partial charge < -0.3 is 9.80 Å². The van der Waals surface area contributed by atoms with E-state index in [0.717, 1.165) is 23.4 Å². The summed E-state index contributed by atoms with van der Waals surface area (Å²) < 4.78 is 0. The van der Waals surface area contributed by atoms with Gasteiger partial charge in [-0.25, -0.2) is 0 Å². The monoisotopic (exact) mass is 381 g/mol. The summed E-state index contributed by atoms with van der Waals surface area (Å²) in [5.74, 6) is 0.338. The molecule has 2 aromatic rings. The van der Waals surface area contributed by atoms with E-state index in [0.29, 0.717) is 19.6 Å². The Balaban J connectivity index is 1.44. The average Bonchev–Trinajstić information content (AvgIpc) is 3.38. The second-order valence-electron chi connectivity index (χ2n) is 7.46. The molecule has 2 saturated heterocycles. The summed E-state index contributed by atoms with van der Waals surface area (Å²) in [4.78, 5) is 34.8. The first-order valence-electron chi connectivity index (χ1n) is 9.27. The lowest BCUT2D eigenvalue weighted by molar-refractivity contribution is -0.137. The second kappa shape index (κ2) is 7.27. The molecule has 5 nitrogen and oxygen atoms in total. The van der Waals surface area contributed by atoms with Crippen molar-refractivity contribution in [3.05, 3.63) is 58.6 Å². The van der Waals surface area contributed by atoms with E-state index < -0.39 is 5.41 Å². The first-order chi connectivity index (χ1) is 13.1. The third kappa shape index (κ3) is 3.41. The van der Waals surface area contributed by atoms with E-state index >= 15 is 0 Å². The highest BCUT2D eigenvalue weighted by Crippen LogP contribution is 2.45. The predicted molar refractivity (Wildman–Crippen MR) is 106 cm³/mol. The lowest BCUT2D eigenvalue weighted by Gasteiger charge is -2.26. The fraction of sp³-hybridized carbons (Fsp3) is 0.381. The minimum Gasteiger partial charge on any atom is -0.338 e. The van der Waals surface area contributed by atoms with Crippen LogP contribution in [0.25, 0.3) is 6.08 Å². The number of carbonyl (C=O) groups excluding carboxylic acids is 2. The molecule has 4 rings (SSSR count). The van der Waals surface area contributed by atoms with Gasteiger partial charge in [0.15, 0.2) is 0 Å². The number of aromatic nitrogens is 1. The van der Waals surface area contributed by atoms with Gasteiger partial charge in [-0.2, -0.15) is 0 Å². The van der Waals surface area contributed by atoms with E-state index in [4.69, 9.17) is 0 Å². The molecule has 2 aliphatic heterocycles. The summed E-state index contributed by atoms with van der Waals surface area (Å²) in [5.41, 5.74) is 0.606. The number of nitrogens with zero attached hydrogens (tertiary/aromatic N) is 3. The van der Waals surface area contributed by atoms with Crippen LogP contribution in [0.3, 0.4) is 0 Å². The zero-order valence-corrected chi connectivity index (χ0v) is 16.2. The number of carbonyl (C=O) groups is 2. The molecule has 1 spiro atoms. The van der Waals surface area contributed by atoms with Gasteiger partial charge in [-0.3, -0.25) is 14.6 Å². The zero-order valence-electron chi connectivity index (χ0n) is 15.4. The molecular weight excluding hydrogens is 358 g/mol. The first-order valence-corrected chi connectivity index (χ1v) is 10.2. The highest BCUT2D eigenvalue weighted by Gasteiger charge is 2.55. The Morgan fingerprint density at radius 1 is 1.41 bits per heavy atom. The Hall–Kier alpha value is -2.47. The van der Waals surface area contributed by atoms with Gasteiger partial charge in [0.05, 0.1) is 5.41 Å². The Morgan fingerprint density at radius 3 is 3.04 bits per heavy atom. The second-order valence-corrected chi connectivity index (χ2v) is 8.44. The average molecular weight is 382 g/mol. The van der Waals surface area contributed by atoms with Crippen LogP contribution in [0.15, 0.2) is 48.1 Å². The lowest BCUT2D eigenvalue weighted by atomic mass is 9.78. The van der Waals surface area contributed by atoms with Crippen molar-refractivity contribution in [1.29, 1.82) is 0 Å². The Labute approximate surface area is 163 Å². The molecule has 0 aliphatic carbocycles. The molecular formula is C21H23N3O2S. The number of thiophene rings is 1. The van der Waals surface area contributed by atoms with E-state index in [1.54, 1.807) is 23.6 Å². The van der Waals surface area contributed by atoms with Crippen LogP contribution in [0.4, 0.5) is 0 Å². The highest BCUT2D eigenvalue weighted by atomic mass is 32.1. The van der Waals surface area contributed by atoms with E-state index in [-0.39, 0.29) is 17.7 Å². The van der Waals surface area contributed by atoms with Crippen LogP contribution in [0.1, 0.15) is 23.8 Å². The highest BCUT2D eigenvalue weighted by molar-refractivity contribution is 7.10. The molecule has 2 aromatic heterocycles. The summed E-state index contributed by atoms with van der Waals surface area (Å²) in [6.07, 6.45) is 7.84. The summed E-state index contributed by atoms with van der Waals surface area (Å²) in [6, 6.07) is 7.84. The molecule has 6 heteroatoms. The largest absolute Gasteiger partial charge is 0.338 e. The molecule has 0 unspecified atom stereocenters. The van der Waals surface area contributed by atoms with Gasteiger partial charge >= 0.3 is 0 Å². The maximum Gasteiger partial charge on any atom is 0.246 e. The van der Waals surface area contributed by atoms with Gasteiger partial charge in [-0.15, -0.1) is 11.3 Å². The maximum absolute atomic E-state index is 13.2. The van der Waals surface area contributed by atoms with Gasteiger partial charge in [0, 0.05) is 49.5 Å². The van der Waals surface area contributed by atoms with E-state index in [1.165, 1.54) is 0 Å². The number of pyridine rings is 1. The van der Waals surface area contributed by atoms with Crippen molar-refractivity contribution < 1.29 is 9.59 Å². The van der Waals surface area contributed by atoms with Gasteiger partial charge in [-0.05, 0) is 41.5 Å². The number of rotatable bonds is 4. The number of amides is 2. The van der Waals surface area contributed by atoms with Crippen molar-refractivity contribution in [2.45, 2.75) is 19.9 Å². The Bertz CT molecular complexity index is 850. The number of hydrogen-bond donors (Lipinski definition) is 0. The van der Waals surface area contributed by atoms with Crippen LogP contribution in [0.5, 0.6) is 0 Å². The third-order valence-electron chi connectivity index (χ3n) is 5.79. The van der Waals surface area contributed by atoms with Crippen molar-refractivity contribution in [3.63, 3.8) is 0 Å². The molecule has 140 valence electrons. The molecule has 0 radical (unpaired) electrons. The molecule has 0 bridgehead atoms. The van der Waals surface area contributed by atoms with Gasteiger partial charge in [-0.1, -0.05) is 19.1 Å². The molecule has 2 atom stereocenters. The van der Waals surface area contributed by atoms with Crippen LogP contribution >= 0.6 is 11.3 Å². The van der Waals surface area contributed by atoms with Gasteiger partial charge in [0.1, 0.15) is 0 Å². The number of hydrogen-bond acceptors (Lipinski definition) is 4. The van der Waals surface area contributed by atoms with Gasteiger partial charge in [0.25, 0.3) is 0 Å². The molecule has 0 N–H and O–H groups in total. The fourth-order valence-corrected chi connectivity index (χ4v) is 4.82. The molecule has 0 saturated carbocycles. The van der Waals surface area contributed by atoms with Crippen molar-refractivity contribution in [2.24, 2.45) is 11.3 Å². The summed E-state index contributed by atoms with van der Waals surface area (Å²) in [7, 11) is 0. The Morgan fingerprint density at radius 2 is 2.30 bits per heavy atom. The molecule has 4 heterocycles. The fourth-order valence-electron chi connectivity index (χ4n) is 4.20. The Kier molecular flexibility index (Phi) is 4.83. The maximum atomic E-state index is 13.2. The molecule has 2 fully saturated rings. The molecule has 0 aromatic carbocycles. The van der Waals surface area contributed by atoms with E-state index in [1.807, 2.05) is 51.7 Å². The van der Waals surface area contributed by atoms with E-state index in [9.17, 15) is 9.59 Å². The van der Waals surface area contributed by atoms with Crippen LogP contribution < -0.4 is 0 Å². The van der Waals surface area contributed by atoms with Gasteiger partial charge in [0.2, 0.25) is 11.8 Å². The van der Waals surface area contributed by atoms with Crippen LogP contribution in [0.2, 0.25) is 0 Å². The topological polar surface area (TPSA) is 53.5 Å². The lowest BCUT2D eigenvalue weighted by Crippen LogP contribution is -2.40.